The van der Waals surface area contributed by atoms with Crippen LogP contribution in [0.1, 0.15) is 25.7 Å². The average molecular weight is 231 g/mol. The Hall–Kier alpha value is -1.59. The fourth-order valence-corrected chi connectivity index (χ4v) is 1.07. The lowest BCUT2D eigenvalue weighted by Crippen LogP contribution is -2.29. The fourth-order valence-electron chi connectivity index (χ4n) is 1.07. The van der Waals surface area contributed by atoms with Crippen molar-refractivity contribution in [3.63, 3.8) is 0 Å². The van der Waals surface area contributed by atoms with Crippen LogP contribution in [-0.2, 0) is 19.1 Å². The van der Waals surface area contributed by atoms with E-state index < -0.39 is 5.97 Å². The summed E-state index contributed by atoms with van der Waals surface area (Å²) in [4.78, 5) is 33.8. The number of carbonyl (C=O) groups is 3. The maximum atomic E-state index is 11.4. The van der Waals surface area contributed by atoms with E-state index in [9.17, 15) is 14.4 Å². The van der Waals surface area contributed by atoms with Gasteiger partial charge in [0.1, 0.15) is 0 Å². The first-order valence-corrected chi connectivity index (χ1v) is 5.00. The van der Waals surface area contributed by atoms with Crippen LogP contribution >= 0.6 is 0 Å². The SMILES string of the molecule is COC(=O)CCN(C)C(=O)CCCC(=O)O. The van der Waals surface area contributed by atoms with Crippen LogP contribution in [-0.4, -0.2) is 48.6 Å². The Bertz CT molecular complexity index is 264. The number of aliphatic carboxylic acids is 1. The Morgan fingerprint density at radius 2 is 1.81 bits per heavy atom. The van der Waals surface area contributed by atoms with Gasteiger partial charge in [-0.2, -0.15) is 0 Å². The Balaban J connectivity index is 3.73. The topological polar surface area (TPSA) is 83.9 Å². The smallest absolute Gasteiger partial charge is 0.307 e. The highest BCUT2D eigenvalue weighted by atomic mass is 16.5. The van der Waals surface area contributed by atoms with Gasteiger partial charge >= 0.3 is 11.9 Å². The second-order valence-electron chi connectivity index (χ2n) is 3.39. The van der Waals surface area contributed by atoms with E-state index in [2.05, 4.69) is 4.74 Å². The van der Waals surface area contributed by atoms with Gasteiger partial charge in [0.15, 0.2) is 0 Å². The van der Waals surface area contributed by atoms with Crippen molar-refractivity contribution in [2.45, 2.75) is 25.7 Å². The first-order chi connectivity index (χ1) is 7.47. The number of hydrogen-bond donors (Lipinski definition) is 1. The minimum absolute atomic E-state index is 0.0173. The molecule has 6 nitrogen and oxygen atoms in total. The highest BCUT2D eigenvalue weighted by Gasteiger charge is 2.11. The van der Waals surface area contributed by atoms with Gasteiger partial charge in [0.05, 0.1) is 13.5 Å². The molecule has 0 aliphatic heterocycles. The third-order valence-corrected chi connectivity index (χ3v) is 2.09. The summed E-state index contributed by atoms with van der Waals surface area (Å²) in [6.07, 6.45) is 0.634. The molecule has 16 heavy (non-hydrogen) atoms. The van der Waals surface area contributed by atoms with Gasteiger partial charge in [-0.25, -0.2) is 0 Å². The molecule has 92 valence electrons. The van der Waals surface area contributed by atoms with E-state index in [4.69, 9.17) is 5.11 Å². The Morgan fingerprint density at radius 3 is 2.31 bits per heavy atom. The number of nitrogens with zero attached hydrogens (tertiary/aromatic N) is 1. The van der Waals surface area contributed by atoms with Crippen molar-refractivity contribution in [2.75, 3.05) is 20.7 Å². The lowest BCUT2D eigenvalue weighted by atomic mass is 10.2. The largest absolute Gasteiger partial charge is 0.481 e. The van der Waals surface area contributed by atoms with Gasteiger partial charge in [-0.15, -0.1) is 0 Å². The lowest BCUT2D eigenvalue weighted by Gasteiger charge is -2.15. The molecule has 0 rings (SSSR count). The number of methoxy groups -OCH3 is 1. The van der Waals surface area contributed by atoms with E-state index in [0.717, 1.165) is 0 Å². The maximum absolute atomic E-state index is 11.4. The van der Waals surface area contributed by atoms with E-state index in [1.165, 1.54) is 12.0 Å². The molecule has 1 amide bonds. The molecular formula is C10H17NO5. The van der Waals surface area contributed by atoms with Crippen LogP contribution in [0.2, 0.25) is 0 Å². The quantitative estimate of drug-likeness (QED) is 0.635. The zero-order valence-corrected chi connectivity index (χ0v) is 9.56. The molecule has 0 aromatic rings. The number of carboxylic acid groups (broad SMARTS) is 1. The van der Waals surface area contributed by atoms with Crippen molar-refractivity contribution in [1.29, 1.82) is 0 Å². The van der Waals surface area contributed by atoms with E-state index in [1.807, 2.05) is 0 Å². The van der Waals surface area contributed by atoms with Crippen LogP contribution in [0.4, 0.5) is 0 Å². The number of rotatable bonds is 7. The molecule has 0 spiro atoms. The van der Waals surface area contributed by atoms with Gasteiger partial charge in [-0.3, -0.25) is 14.4 Å². The van der Waals surface area contributed by atoms with E-state index in [1.54, 1.807) is 7.05 Å². The molecule has 0 aliphatic rings. The predicted molar refractivity (Wildman–Crippen MR) is 55.8 cm³/mol. The van der Waals surface area contributed by atoms with Crippen LogP contribution in [0.5, 0.6) is 0 Å². The summed E-state index contributed by atoms with van der Waals surface area (Å²) in [5.74, 6) is -1.44. The molecule has 0 saturated heterocycles. The van der Waals surface area contributed by atoms with Gasteiger partial charge in [-0.05, 0) is 6.42 Å². The Labute approximate surface area is 94.2 Å². The van der Waals surface area contributed by atoms with E-state index in [0.29, 0.717) is 13.0 Å². The van der Waals surface area contributed by atoms with Crippen molar-refractivity contribution in [1.82, 2.24) is 4.90 Å². The summed E-state index contributed by atoms with van der Waals surface area (Å²) in [5.41, 5.74) is 0. The van der Waals surface area contributed by atoms with Crippen LogP contribution in [0, 0.1) is 0 Å². The molecule has 0 aromatic carbocycles. The first kappa shape index (κ1) is 14.4. The molecule has 0 aliphatic carbocycles. The molecule has 0 unspecified atom stereocenters. The molecule has 0 bridgehead atoms. The van der Waals surface area contributed by atoms with Gasteiger partial charge < -0.3 is 14.7 Å². The highest BCUT2D eigenvalue weighted by Crippen LogP contribution is 2.00. The Kier molecular flexibility index (Phi) is 6.91. The minimum Gasteiger partial charge on any atom is -0.481 e. The van der Waals surface area contributed by atoms with Crippen molar-refractivity contribution in [2.24, 2.45) is 0 Å². The summed E-state index contributed by atoms with van der Waals surface area (Å²) in [6, 6.07) is 0. The molecule has 1 N–H and O–H groups in total. The highest BCUT2D eigenvalue weighted by molar-refractivity contribution is 5.77. The molecule has 0 fully saturated rings. The van der Waals surface area contributed by atoms with Crippen molar-refractivity contribution >= 4 is 17.8 Å². The molecule has 0 atom stereocenters. The monoisotopic (exact) mass is 231 g/mol. The first-order valence-electron chi connectivity index (χ1n) is 5.00. The number of hydrogen-bond acceptors (Lipinski definition) is 4. The van der Waals surface area contributed by atoms with Crippen molar-refractivity contribution < 1.29 is 24.2 Å². The number of amides is 1. The van der Waals surface area contributed by atoms with Gasteiger partial charge in [-0.1, -0.05) is 0 Å². The lowest BCUT2D eigenvalue weighted by molar-refractivity contribution is -0.141. The third kappa shape index (κ3) is 6.80. The zero-order valence-electron chi connectivity index (χ0n) is 9.56. The Morgan fingerprint density at radius 1 is 1.19 bits per heavy atom. The average Bonchev–Trinajstić information content (AvgIpc) is 2.24. The summed E-state index contributed by atoms with van der Waals surface area (Å²) >= 11 is 0. The summed E-state index contributed by atoms with van der Waals surface area (Å²) in [5, 5.41) is 8.39. The molecule has 0 heterocycles. The zero-order chi connectivity index (χ0) is 12.6. The molecule has 6 heteroatoms. The van der Waals surface area contributed by atoms with E-state index in [-0.39, 0.29) is 31.1 Å². The number of carbonyl (C=O) groups excluding carboxylic acids is 2. The summed E-state index contributed by atoms with van der Waals surface area (Å²) in [6.45, 7) is 0.290. The van der Waals surface area contributed by atoms with Gasteiger partial charge in [0.2, 0.25) is 5.91 Å². The third-order valence-electron chi connectivity index (χ3n) is 2.09. The van der Waals surface area contributed by atoms with Gasteiger partial charge in [0.25, 0.3) is 0 Å². The summed E-state index contributed by atoms with van der Waals surface area (Å²) in [7, 11) is 2.86. The standard InChI is InChI=1S/C10H17NO5/c1-11(7-6-10(15)16-2)8(12)4-3-5-9(13)14/h3-7H2,1-2H3,(H,13,14). The number of esters is 1. The maximum Gasteiger partial charge on any atom is 0.307 e. The second-order valence-corrected chi connectivity index (χ2v) is 3.39. The fraction of sp³-hybridized carbons (Fsp3) is 0.700. The van der Waals surface area contributed by atoms with Crippen LogP contribution in [0.25, 0.3) is 0 Å². The van der Waals surface area contributed by atoms with Crippen LogP contribution in [0.3, 0.4) is 0 Å². The van der Waals surface area contributed by atoms with Crippen molar-refractivity contribution in [3.05, 3.63) is 0 Å². The second kappa shape index (κ2) is 7.67. The van der Waals surface area contributed by atoms with Crippen LogP contribution in [0.15, 0.2) is 0 Å². The normalized spacial score (nSPS) is 9.62. The number of ether oxygens (including phenoxy) is 1. The predicted octanol–water partition coefficient (Wildman–Crippen LogP) is 0.263. The molecule has 0 saturated carbocycles. The van der Waals surface area contributed by atoms with E-state index >= 15 is 0 Å². The summed E-state index contributed by atoms with van der Waals surface area (Å²) < 4.78 is 4.44. The van der Waals surface area contributed by atoms with Crippen molar-refractivity contribution in [3.8, 4) is 0 Å². The number of carboxylic acids is 1. The molecular weight excluding hydrogens is 214 g/mol. The van der Waals surface area contributed by atoms with Gasteiger partial charge in [0, 0.05) is 26.4 Å². The molecule has 0 aromatic heterocycles. The van der Waals surface area contributed by atoms with Crippen LogP contribution < -0.4 is 0 Å². The molecule has 0 radical (unpaired) electrons. The minimum atomic E-state index is -0.912.